The number of ether oxygens (including phenoxy) is 1. The fourth-order valence-electron chi connectivity index (χ4n) is 3.01. The first-order valence-corrected chi connectivity index (χ1v) is 9.10. The van der Waals surface area contributed by atoms with Gasteiger partial charge in [-0.25, -0.2) is 0 Å². The van der Waals surface area contributed by atoms with E-state index in [2.05, 4.69) is 10.2 Å². The summed E-state index contributed by atoms with van der Waals surface area (Å²) in [5.74, 6) is -1.02. The van der Waals surface area contributed by atoms with Crippen molar-refractivity contribution in [1.29, 1.82) is 0 Å². The van der Waals surface area contributed by atoms with E-state index in [0.29, 0.717) is 32.6 Å². The fraction of sp³-hybridized carbons (Fsp3) is 0.579. The molecule has 7 nitrogen and oxygen atoms in total. The average molecular weight is 364 g/mol. The number of aliphatic carboxylic acids is 1. The van der Waals surface area contributed by atoms with Crippen molar-refractivity contribution >= 4 is 11.9 Å². The van der Waals surface area contributed by atoms with Crippen molar-refractivity contribution in [2.75, 3.05) is 32.8 Å². The first-order chi connectivity index (χ1) is 12.6. The molecule has 1 fully saturated rings. The van der Waals surface area contributed by atoms with Crippen molar-refractivity contribution in [3.8, 4) is 0 Å². The summed E-state index contributed by atoms with van der Waals surface area (Å²) in [5, 5.41) is 22.3. The van der Waals surface area contributed by atoms with Crippen molar-refractivity contribution in [3.63, 3.8) is 0 Å². The lowest BCUT2D eigenvalue weighted by molar-refractivity contribution is -0.137. The van der Waals surface area contributed by atoms with Crippen LogP contribution >= 0.6 is 0 Å². The van der Waals surface area contributed by atoms with E-state index >= 15 is 0 Å². The minimum atomic E-state index is -0.852. The number of hydrogen-bond donors (Lipinski definition) is 3. The van der Waals surface area contributed by atoms with E-state index in [1.54, 1.807) is 0 Å². The number of unbranched alkanes of at least 4 members (excludes halogenated alkanes) is 1. The van der Waals surface area contributed by atoms with Crippen LogP contribution in [0.1, 0.15) is 37.4 Å². The van der Waals surface area contributed by atoms with Gasteiger partial charge in [0.25, 0.3) is 0 Å². The third kappa shape index (κ3) is 7.11. The van der Waals surface area contributed by atoms with Gasteiger partial charge < -0.3 is 20.3 Å². The van der Waals surface area contributed by atoms with Gasteiger partial charge in [-0.1, -0.05) is 30.3 Å². The summed E-state index contributed by atoms with van der Waals surface area (Å²) >= 11 is 0. The molecule has 1 aliphatic heterocycles. The monoisotopic (exact) mass is 364 g/mol. The molecule has 0 aliphatic carbocycles. The second-order valence-corrected chi connectivity index (χ2v) is 6.54. The average Bonchev–Trinajstić information content (AvgIpc) is 2.65. The molecule has 0 spiro atoms. The molecule has 0 saturated carbocycles. The number of aliphatic hydroxyl groups is 1. The number of carboxylic acid groups (broad SMARTS) is 1. The number of rotatable bonds is 10. The Morgan fingerprint density at radius 1 is 1.12 bits per heavy atom. The molecule has 0 unspecified atom stereocenters. The molecule has 1 aromatic rings. The third-order valence-electron chi connectivity index (χ3n) is 4.47. The number of amides is 1. The molecule has 2 atom stereocenters. The molecular weight excluding hydrogens is 336 g/mol. The zero-order valence-corrected chi connectivity index (χ0v) is 15.0. The van der Waals surface area contributed by atoms with E-state index in [4.69, 9.17) is 9.84 Å². The number of nitrogens with one attached hydrogen (secondary N) is 1. The zero-order valence-electron chi connectivity index (χ0n) is 15.0. The maximum absolute atomic E-state index is 12.3. The van der Waals surface area contributed by atoms with Crippen LogP contribution in [-0.2, 0) is 14.3 Å². The highest BCUT2D eigenvalue weighted by atomic mass is 16.5. The smallest absolute Gasteiger partial charge is 0.303 e. The highest BCUT2D eigenvalue weighted by Crippen LogP contribution is 2.18. The number of hydrogen-bond acceptors (Lipinski definition) is 5. The number of carbonyl (C=O) groups is 2. The molecule has 0 aromatic heterocycles. The molecule has 1 aliphatic rings. The van der Waals surface area contributed by atoms with Gasteiger partial charge >= 0.3 is 5.97 Å². The number of aliphatic hydroxyl groups excluding tert-OH is 1. The quantitative estimate of drug-likeness (QED) is 0.539. The first kappa shape index (κ1) is 20.4. The zero-order chi connectivity index (χ0) is 18.8. The molecule has 1 amide bonds. The van der Waals surface area contributed by atoms with Gasteiger partial charge in [-0.3, -0.25) is 14.5 Å². The second kappa shape index (κ2) is 10.9. The lowest BCUT2D eigenvalue weighted by Gasteiger charge is -2.33. The molecule has 7 heteroatoms. The van der Waals surface area contributed by atoms with E-state index in [0.717, 1.165) is 18.7 Å². The Balaban J connectivity index is 1.93. The van der Waals surface area contributed by atoms with Gasteiger partial charge in [-0.05, 0) is 18.4 Å². The Labute approximate surface area is 154 Å². The summed E-state index contributed by atoms with van der Waals surface area (Å²) in [6, 6.07) is 8.86. The predicted molar refractivity (Wildman–Crippen MR) is 96.7 cm³/mol. The van der Waals surface area contributed by atoms with Gasteiger partial charge in [0.2, 0.25) is 5.91 Å². The normalized spacial score (nSPS) is 17.4. The molecule has 1 aromatic carbocycles. The van der Waals surface area contributed by atoms with Gasteiger partial charge in [0.05, 0.1) is 19.3 Å². The van der Waals surface area contributed by atoms with Crippen molar-refractivity contribution in [1.82, 2.24) is 10.2 Å². The molecule has 26 heavy (non-hydrogen) atoms. The van der Waals surface area contributed by atoms with Crippen molar-refractivity contribution in [2.24, 2.45) is 0 Å². The molecule has 1 saturated heterocycles. The SMILES string of the molecule is O=C(O)CCCCC(=O)N[C@@H](CN1CCOCC1)[C@@H](O)c1ccccc1. The molecule has 144 valence electrons. The lowest BCUT2D eigenvalue weighted by atomic mass is 10.0. The third-order valence-corrected chi connectivity index (χ3v) is 4.47. The summed E-state index contributed by atoms with van der Waals surface area (Å²) in [6.07, 6.45) is 0.509. The van der Waals surface area contributed by atoms with Crippen LogP contribution in [0.15, 0.2) is 30.3 Å². The van der Waals surface area contributed by atoms with E-state index in [1.165, 1.54) is 0 Å². The second-order valence-electron chi connectivity index (χ2n) is 6.54. The number of carbonyl (C=O) groups excluding carboxylic acids is 1. The molecule has 2 rings (SSSR count). The minimum Gasteiger partial charge on any atom is -0.481 e. The molecule has 0 radical (unpaired) electrons. The van der Waals surface area contributed by atoms with Gasteiger partial charge in [-0.15, -0.1) is 0 Å². The Hall–Kier alpha value is -1.96. The lowest BCUT2D eigenvalue weighted by Crippen LogP contribution is -2.49. The summed E-state index contributed by atoms with van der Waals surface area (Å²) in [4.78, 5) is 25.0. The Bertz CT molecular complexity index is 560. The van der Waals surface area contributed by atoms with Gasteiger partial charge in [0, 0.05) is 32.5 Å². The highest BCUT2D eigenvalue weighted by molar-refractivity contribution is 5.76. The van der Waals surface area contributed by atoms with Crippen molar-refractivity contribution in [3.05, 3.63) is 35.9 Å². The van der Waals surface area contributed by atoms with E-state index in [-0.39, 0.29) is 18.7 Å². The van der Waals surface area contributed by atoms with Crippen LogP contribution < -0.4 is 5.32 Å². The summed E-state index contributed by atoms with van der Waals surface area (Å²) in [5.41, 5.74) is 0.761. The van der Waals surface area contributed by atoms with Crippen LogP contribution in [0.5, 0.6) is 0 Å². The molecule has 1 heterocycles. The maximum Gasteiger partial charge on any atom is 0.303 e. The van der Waals surface area contributed by atoms with Gasteiger partial charge in [0.1, 0.15) is 6.10 Å². The summed E-state index contributed by atoms with van der Waals surface area (Å²) < 4.78 is 5.35. The van der Waals surface area contributed by atoms with E-state index < -0.39 is 18.1 Å². The minimum absolute atomic E-state index is 0.0666. The van der Waals surface area contributed by atoms with Crippen molar-refractivity contribution in [2.45, 2.75) is 37.8 Å². The van der Waals surface area contributed by atoms with Crippen LogP contribution in [0.4, 0.5) is 0 Å². The Morgan fingerprint density at radius 2 is 1.77 bits per heavy atom. The Morgan fingerprint density at radius 3 is 2.42 bits per heavy atom. The number of nitrogens with zero attached hydrogens (tertiary/aromatic N) is 1. The standard InChI is InChI=1S/C19H28N2O5/c22-17(8-4-5-9-18(23)24)20-16(14-21-10-12-26-13-11-21)19(25)15-6-2-1-3-7-15/h1-3,6-7,16,19,25H,4-5,8-14H2,(H,20,22)(H,23,24)/t16-,19-/m0/s1. The van der Waals surface area contributed by atoms with Gasteiger partial charge in [-0.2, -0.15) is 0 Å². The maximum atomic E-state index is 12.3. The van der Waals surface area contributed by atoms with Gasteiger partial charge in [0.15, 0.2) is 0 Å². The number of morpholine rings is 1. The van der Waals surface area contributed by atoms with Crippen LogP contribution in [0, 0.1) is 0 Å². The first-order valence-electron chi connectivity index (χ1n) is 9.10. The fourth-order valence-corrected chi connectivity index (χ4v) is 3.01. The van der Waals surface area contributed by atoms with Crippen LogP contribution in [-0.4, -0.2) is 65.9 Å². The predicted octanol–water partition coefficient (Wildman–Crippen LogP) is 1.18. The molecule has 3 N–H and O–H groups in total. The highest BCUT2D eigenvalue weighted by Gasteiger charge is 2.26. The topological polar surface area (TPSA) is 99.1 Å². The molecular formula is C19H28N2O5. The van der Waals surface area contributed by atoms with Crippen LogP contribution in [0.25, 0.3) is 0 Å². The van der Waals surface area contributed by atoms with Crippen molar-refractivity contribution < 1.29 is 24.5 Å². The van der Waals surface area contributed by atoms with E-state index in [9.17, 15) is 14.7 Å². The summed E-state index contributed by atoms with van der Waals surface area (Å²) in [6.45, 7) is 3.38. The van der Waals surface area contributed by atoms with Crippen LogP contribution in [0.3, 0.4) is 0 Å². The van der Waals surface area contributed by atoms with E-state index in [1.807, 2.05) is 30.3 Å². The summed E-state index contributed by atoms with van der Waals surface area (Å²) in [7, 11) is 0. The van der Waals surface area contributed by atoms with Crippen LogP contribution in [0.2, 0.25) is 0 Å². The largest absolute Gasteiger partial charge is 0.481 e. The molecule has 0 bridgehead atoms. The Kier molecular flexibility index (Phi) is 8.53. The number of carboxylic acids is 1. The number of benzene rings is 1.